The number of nitrogens with zero attached hydrogens (tertiary/aromatic N) is 1. The summed E-state index contributed by atoms with van der Waals surface area (Å²) in [7, 11) is 0. The number of benzene rings is 1. The molecule has 5 nitrogen and oxygen atoms in total. The van der Waals surface area contributed by atoms with E-state index in [1.165, 1.54) is 0 Å². The molecule has 1 N–H and O–H groups in total. The van der Waals surface area contributed by atoms with Gasteiger partial charge in [-0.05, 0) is 31.0 Å². The standard InChI is InChI=1S/C15H18BrNO4/c16-11-1-2-12(13(18)9-11)14(19)17-5-3-10(4-6-17)15-20-7-8-21-15/h1-2,9-10,15,18H,3-8H2. The molecule has 1 aromatic carbocycles. The number of piperidine rings is 1. The third-order valence-corrected chi connectivity index (χ3v) is 4.54. The van der Waals surface area contributed by atoms with Crippen LogP contribution in [0.5, 0.6) is 5.75 Å². The van der Waals surface area contributed by atoms with Crippen molar-refractivity contribution in [3.8, 4) is 5.75 Å². The number of amides is 1. The number of likely N-dealkylation sites (tertiary alicyclic amines) is 1. The second-order valence-electron chi connectivity index (χ2n) is 5.40. The number of phenols is 1. The van der Waals surface area contributed by atoms with E-state index in [0.29, 0.717) is 37.8 Å². The van der Waals surface area contributed by atoms with E-state index in [1.54, 1.807) is 23.1 Å². The van der Waals surface area contributed by atoms with Crippen molar-refractivity contribution in [2.45, 2.75) is 19.1 Å². The Morgan fingerprint density at radius 3 is 2.52 bits per heavy atom. The molecule has 2 aliphatic heterocycles. The van der Waals surface area contributed by atoms with Crippen LogP contribution in [0.2, 0.25) is 0 Å². The number of halogens is 1. The zero-order valence-corrected chi connectivity index (χ0v) is 13.2. The molecule has 0 unspecified atom stereocenters. The van der Waals surface area contributed by atoms with E-state index in [2.05, 4.69) is 15.9 Å². The van der Waals surface area contributed by atoms with E-state index in [0.717, 1.165) is 17.3 Å². The topological polar surface area (TPSA) is 59.0 Å². The minimum atomic E-state index is -0.119. The Balaban J connectivity index is 1.62. The predicted octanol–water partition coefficient (Wildman–Crippen LogP) is 2.38. The van der Waals surface area contributed by atoms with Crippen molar-refractivity contribution < 1.29 is 19.4 Å². The van der Waals surface area contributed by atoms with Gasteiger partial charge < -0.3 is 19.5 Å². The summed E-state index contributed by atoms with van der Waals surface area (Å²) in [6, 6.07) is 4.96. The lowest BCUT2D eigenvalue weighted by Crippen LogP contribution is -2.41. The highest BCUT2D eigenvalue weighted by molar-refractivity contribution is 9.10. The van der Waals surface area contributed by atoms with Crippen molar-refractivity contribution in [3.05, 3.63) is 28.2 Å². The Bertz CT molecular complexity index is 522. The number of ether oxygens (including phenoxy) is 2. The first-order chi connectivity index (χ1) is 10.1. The van der Waals surface area contributed by atoms with Gasteiger partial charge in [0.15, 0.2) is 6.29 Å². The lowest BCUT2D eigenvalue weighted by molar-refractivity contribution is -0.0956. The monoisotopic (exact) mass is 355 g/mol. The Morgan fingerprint density at radius 1 is 1.24 bits per heavy atom. The predicted molar refractivity (Wildman–Crippen MR) is 80.1 cm³/mol. The van der Waals surface area contributed by atoms with Gasteiger partial charge in [0.25, 0.3) is 5.91 Å². The van der Waals surface area contributed by atoms with E-state index in [1.807, 2.05) is 0 Å². The van der Waals surface area contributed by atoms with Crippen LogP contribution in [0.1, 0.15) is 23.2 Å². The maximum Gasteiger partial charge on any atom is 0.257 e. The lowest BCUT2D eigenvalue weighted by atomic mass is 9.95. The summed E-state index contributed by atoms with van der Waals surface area (Å²) in [6.07, 6.45) is 1.63. The van der Waals surface area contributed by atoms with Gasteiger partial charge in [0.05, 0.1) is 18.8 Å². The second-order valence-corrected chi connectivity index (χ2v) is 6.32. The molecular weight excluding hydrogens is 338 g/mol. The zero-order valence-electron chi connectivity index (χ0n) is 11.6. The molecule has 2 fully saturated rings. The quantitative estimate of drug-likeness (QED) is 0.884. The molecule has 1 aromatic rings. The molecule has 0 saturated carbocycles. The fourth-order valence-electron chi connectivity index (χ4n) is 2.88. The summed E-state index contributed by atoms with van der Waals surface area (Å²) in [4.78, 5) is 14.2. The molecule has 2 aliphatic rings. The molecule has 21 heavy (non-hydrogen) atoms. The fraction of sp³-hybridized carbons (Fsp3) is 0.533. The van der Waals surface area contributed by atoms with E-state index < -0.39 is 0 Å². The van der Waals surface area contributed by atoms with Crippen LogP contribution in [0.15, 0.2) is 22.7 Å². The molecule has 2 heterocycles. The molecule has 3 rings (SSSR count). The average Bonchev–Trinajstić information content (AvgIpc) is 3.01. The summed E-state index contributed by atoms with van der Waals surface area (Å²) in [5, 5.41) is 9.90. The summed E-state index contributed by atoms with van der Waals surface area (Å²) in [5.74, 6) is 0.251. The SMILES string of the molecule is O=C(c1ccc(Br)cc1O)N1CCC(C2OCCO2)CC1. The Hall–Kier alpha value is -1.11. The van der Waals surface area contributed by atoms with Gasteiger partial charge in [-0.1, -0.05) is 15.9 Å². The normalized spacial score (nSPS) is 20.9. The van der Waals surface area contributed by atoms with Crippen molar-refractivity contribution in [3.63, 3.8) is 0 Å². The summed E-state index contributed by atoms with van der Waals surface area (Å²) in [5.41, 5.74) is 0.352. The maximum absolute atomic E-state index is 12.4. The van der Waals surface area contributed by atoms with E-state index >= 15 is 0 Å². The van der Waals surface area contributed by atoms with Crippen LogP contribution in [0.3, 0.4) is 0 Å². The summed E-state index contributed by atoms with van der Waals surface area (Å²) in [6.45, 7) is 2.66. The minimum Gasteiger partial charge on any atom is -0.507 e. The highest BCUT2D eigenvalue weighted by Crippen LogP contribution is 2.28. The number of aromatic hydroxyl groups is 1. The molecule has 0 aromatic heterocycles. The van der Waals surface area contributed by atoms with Gasteiger partial charge in [-0.2, -0.15) is 0 Å². The van der Waals surface area contributed by atoms with Gasteiger partial charge in [0, 0.05) is 23.5 Å². The molecule has 0 spiro atoms. The third kappa shape index (κ3) is 3.22. The lowest BCUT2D eigenvalue weighted by Gasteiger charge is -2.34. The van der Waals surface area contributed by atoms with Crippen LogP contribution in [0.25, 0.3) is 0 Å². The van der Waals surface area contributed by atoms with Gasteiger partial charge in [0.2, 0.25) is 0 Å². The van der Waals surface area contributed by atoms with E-state index in [4.69, 9.17) is 9.47 Å². The van der Waals surface area contributed by atoms with Crippen molar-refractivity contribution >= 4 is 21.8 Å². The number of carbonyl (C=O) groups excluding carboxylic acids is 1. The van der Waals surface area contributed by atoms with Gasteiger partial charge >= 0.3 is 0 Å². The number of hydrogen-bond donors (Lipinski definition) is 1. The zero-order chi connectivity index (χ0) is 14.8. The largest absolute Gasteiger partial charge is 0.507 e. The summed E-state index contributed by atoms with van der Waals surface area (Å²) >= 11 is 3.27. The fourth-order valence-corrected chi connectivity index (χ4v) is 3.23. The van der Waals surface area contributed by atoms with Crippen LogP contribution >= 0.6 is 15.9 Å². The average molecular weight is 356 g/mol. The highest BCUT2D eigenvalue weighted by atomic mass is 79.9. The number of phenolic OH excluding ortho intramolecular Hbond substituents is 1. The first-order valence-corrected chi connectivity index (χ1v) is 7.95. The summed E-state index contributed by atoms with van der Waals surface area (Å²) < 4.78 is 11.8. The van der Waals surface area contributed by atoms with Crippen molar-refractivity contribution in [1.29, 1.82) is 0 Å². The smallest absolute Gasteiger partial charge is 0.257 e. The maximum atomic E-state index is 12.4. The Labute approximate surface area is 132 Å². The number of rotatable bonds is 2. The van der Waals surface area contributed by atoms with Gasteiger partial charge in [0.1, 0.15) is 5.75 Å². The molecule has 1 amide bonds. The van der Waals surface area contributed by atoms with Gasteiger partial charge in [-0.25, -0.2) is 0 Å². The molecule has 0 radical (unpaired) electrons. The number of carbonyl (C=O) groups is 1. The van der Waals surface area contributed by atoms with Crippen molar-refractivity contribution in [1.82, 2.24) is 4.90 Å². The van der Waals surface area contributed by atoms with Crippen LogP contribution in [-0.2, 0) is 9.47 Å². The van der Waals surface area contributed by atoms with Gasteiger partial charge in [-0.3, -0.25) is 4.79 Å². The highest BCUT2D eigenvalue weighted by Gasteiger charge is 2.32. The van der Waals surface area contributed by atoms with Crippen molar-refractivity contribution in [2.24, 2.45) is 5.92 Å². The van der Waals surface area contributed by atoms with E-state index in [-0.39, 0.29) is 17.9 Å². The molecule has 0 bridgehead atoms. The third-order valence-electron chi connectivity index (χ3n) is 4.05. The van der Waals surface area contributed by atoms with Crippen LogP contribution in [0, 0.1) is 5.92 Å². The first-order valence-electron chi connectivity index (χ1n) is 7.16. The Kier molecular flexibility index (Phi) is 4.47. The molecule has 114 valence electrons. The molecular formula is C15H18BrNO4. The van der Waals surface area contributed by atoms with E-state index in [9.17, 15) is 9.90 Å². The van der Waals surface area contributed by atoms with Crippen LogP contribution < -0.4 is 0 Å². The minimum absolute atomic E-state index is 0.0129. The van der Waals surface area contributed by atoms with Crippen LogP contribution in [-0.4, -0.2) is 48.5 Å². The molecule has 0 atom stereocenters. The second kappa shape index (κ2) is 6.34. The van der Waals surface area contributed by atoms with Gasteiger partial charge in [-0.15, -0.1) is 0 Å². The van der Waals surface area contributed by atoms with Crippen molar-refractivity contribution in [2.75, 3.05) is 26.3 Å². The molecule has 0 aliphatic carbocycles. The Morgan fingerprint density at radius 2 is 1.90 bits per heavy atom. The molecule has 2 saturated heterocycles. The first kappa shape index (κ1) is 14.8. The van der Waals surface area contributed by atoms with Crippen LogP contribution in [0.4, 0.5) is 0 Å². The number of hydrogen-bond acceptors (Lipinski definition) is 4. The molecule has 6 heteroatoms.